The maximum atomic E-state index is 14.4. The molecule has 0 amide bonds. The van der Waals surface area contributed by atoms with Crippen molar-refractivity contribution >= 4 is 11.0 Å². The molecule has 2 aromatic carbocycles. The largest absolute Gasteiger partial charge is 0.416 e. The summed E-state index contributed by atoms with van der Waals surface area (Å²) in [6, 6.07) is 7.55. The molecule has 5 nitrogen and oxygen atoms in total. The van der Waals surface area contributed by atoms with Crippen LogP contribution in [0, 0.1) is 5.82 Å². The van der Waals surface area contributed by atoms with Crippen LogP contribution in [0.25, 0.3) is 33.4 Å². The number of hydrogen-bond acceptors (Lipinski definition) is 2. The van der Waals surface area contributed by atoms with E-state index in [9.17, 15) is 22.4 Å². The molecule has 2 aromatic heterocycles. The third kappa shape index (κ3) is 3.10. The van der Waals surface area contributed by atoms with Gasteiger partial charge in [-0.15, -0.1) is 0 Å². The first-order valence-corrected chi connectivity index (χ1v) is 9.40. The molecule has 0 saturated carbocycles. The van der Waals surface area contributed by atoms with Gasteiger partial charge in [0.05, 0.1) is 28.5 Å². The number of fused-ring (bicyclic) bond motifs is 1. The number of rotatable bonds is 4. The van der Waals surface area contributed by atoms with E-state index in [2.05, 4.69) is 10.2 Å². The number of nitrogens with zero attached hydrogens (tertiary/aromatic N) is 3. The molecule has 0 saturated heterocycles. The summed E-state index contributed by atoms with van der Waals surface area (Å²) in [7, 11) is 0. The number of benzene rings is 2. The molecule has 0 atom stereocenters. The molecule has 0 spiro atoms. The highest BCUT2D eigenvalue weighted by Gasteiger charge is 2.31. The Morgan fingerprint density at radius 3 is 2.33 bits per heavy atom. The molecular weight excluding hydrogens is 400 g/mol. The fraction of sp³-hybridized carbons (Fsp3) is 0.238. The van der Waals surface area contributed by atoms with Crippen molar-refractivity contribution in [1.82, 2.24) is 19.3 Å². The summed E-state index contributed by atoms with van der Waals surface area (Å²) in [5.74, 6) is -0.794. The highest BCUT2D eigenvalue weighted by molar-refractivity contribution is 5.87. The van der Waals surface area contributed by atoms with Crippen LogP contribution in [0.2, 0.25) is 0 Å². The Kier molecular flexibility index (Phi) is 4.76. The second-order valence-corrected chi connectivity index (χ2v) is 6.83. The van der Waals surface area contributed by atoms with Crippen molar-refractivity contribution in [3.8, 4) is 22.4 Å². The van der Waals surface area contributed by atoms with Gasteiger partial charge in [0.15, 0.2) is 0 Å². The second kappa shape index (κ2) is 7.16. The van der Waals surface area contributed by atoms with Gasteiger partial charge in [0, 0.05) is 24.2 Å². The van der Waals surface area contributed by atoms with Crippen molar-refractivity contribution in [3.05, 3.63) is 64.5 Å². The Labute approximate surface area is 168 Å². The van der Waals surface area contributed by atoms with E-state index < -0.39 is 17.6 Å². The zero-order chi connectivity index (χ0) is 21.6. The van der Waals surface area contributed by atoms with E-state index in [1.807, 2.05) is 13.8 Å². The Morgan fingerprint density at radius 2 is 1.67 bits per heavy atom. The van der Waals surface area contributed by atoms with Crippen molar-refractivity contribution in [2.45, 2.75) is 33.1 Å². The van der Waals surface area contributed by atoms with Gasteiger partial charge in [-0.3, -0.25) is 14.2 Å². The molecule has 4 rings (SSSR count). The molecular formula is C21H18F4N4O. The Balaban J connectivity index is 1.91. The summed E-state index contributed by atoms with van der Waals surface area (Å²) in [6.07, 6.45) is -3.16. The van der Waals surface area contributed by atoms with Crippen LogP contribution in [0.1, 0.15) is 19.4 Å². The average Bonchev–Trinajstić information content (AvgIpc) is 3.28. The highest BCUT2D eigenvalue weighted by Crippen LogP contribution is 2.37. The zero-order valence-corrected chi connectivity index (χ0v) is 16.2. The quantitative estimate of drug-likeness (QED) is 0.471. The minimum Gasteiger partial charge on any atom is -0.292 e. The number of alkyl halides is 3. The third-order valence-corrected chi connectivity index (χ3v) is 5.16. The van der Waals surface area contributed by atoms with E-state index in [4.69, 9.17) is 0 Å². The predicted molar refractivity (Wildman–Crippen MR) is 106 cm³/mol. The molecule has 30 heavy (non-hydrogen) atoms. The fourth-order valence-electron chi connectivity index (χ4n) is 3.70. The van der Waals surface area contributed by atoms with Crippen molar-refractivity contribution in [3.63, 3.8) is 0 Å². The third-order valence-electron chi connectivity index (χ3n) is 5.16. The molecule has 0 bridgehead atoms. The lowest BCUT2D eigenvalue weighted by atomic mass is 9.99. The molecule has 2 heterocycles. The number of aryl methyl sites for hydroxylation is 2. The first-order chi connectivity index (χ1) is 14.3. The number of H-pyrrole nitrogens is 1. The summed E-state index contributed by atoms with van der Waals surface area (Å²) < 4.78 is 57.0. The number of aromatic nitrogens is 4. The van der Waals surface area contributed by atoms with Crippen LogP contribution in [0.5, 0.6) is 0 Å². The molecule has 0 aliphatic rings. The summed E-state index contributed by atoms with van der Waals surface area (Å²) in [5.41, 5.74) is 1.32. The Hall–Kier alpha value is -3.36. The lowest BCUT2D eigenvalue weighted by Crippen LogP contribution is -2.22. The average molecular weight is 418 g/mol. The van der Waals surface area contributed by atoms with E-state index >= 15 is 0 Å². The van der Waals surface area contributed by atoms with Crippen LogP contribution >= 0.6 is 0 Å². The lowest BCUT2D eigenvalue weighted by molar-refractivity contribution is -0.137. The van der Waals surface area contributed by atoms with E-state index in [0.717, 1.165) is 17.6 Å². The number of halogens is 4. The van der Waals surface area contributed by atoms with Gasteiger partial charge in [0.25, 0.3) is 0 Å². The maximum absolute atomic E-state index is 14.4. The smallest absolute Gasteiger partial charge is 0.292 e. The number of imidazole rings is 1. The minimum absolute atomic E-state index is 0.136. The van der Waals surface area contributed by atoms with Gasteiger partial charge in [-0.25, -0.2) is 9.18 Å². The van der Waals surface area contributed by atoms with E-state index in [1.54, 1.807) is 27.3 Å². The van der Waals surface area contributed by atoms with Gasteiger partial charge in [-0.05, 0) is 49.7 Å². The summed E-state index contributed by atoms with van der Waals surface area (Å²) in [6.45, 7) is 4.70. The van der Waals surface area contributed by atoms with Crippen LogP contribution in [-0.4, -0.2) is 19.3 Å². The molecule has 0 radical (unpaired) electrons. The highest BCUT2D eigenvalue weighted by atomic mass is 19.4. The topological polar surface area (TPSA) is 55.6 Å². The Bertz CT molecular complexity index is 1300. The standard InChI is InChI=1S/C21H18F4N4O/c1-3-28-17-8-5-12(9-18(17)29(4-2)20(28)30)15-11-26-27-19(15)14-10-13(21(23,24)25)6-7-16(14)22/h5-11H,3-4H2,1-2H3,(H,26,27). The van der Waals surface area contributed by atoms with Gasteiger partial charge in [-0.1, -0.05) is 6.07 Å². The van der Waals surface area contributed by atoms with Gasteiger partial charge < -0.3 is 0 Å². The monoisotopic (exact) mass is 418 g/mol. The second-order valence-electron chi connectivity index (χ2n) is 6.83. The maximum Gasteiger partial charge on any atom is 0.416 e. The van der Waals surface area contributed by atoms with Gasteiger partial charge in [0.1, 0.15) is 5.82 Å². The van der Waals surface area contributed by atoms with Gasteiger partial charge in [0.2, 0.25) is 0 Å². The van der Waals surface area contributed by atoms with Gasteiger partial charge >= 0.3 is 11.9 Å². The Morgan fingerprint density at radius 1 is 0.967 bits per heavy atom. The predicted octanol–water partition coefficient (Wildman–Crippen LogP) is 5.06. The number of aromatic amines is 1. The van der Waals surface area contributed by atoms with Crippen molar-refractivity contribution < 1.29 is 17.6 Å². The SMILES string of the molecule is CCn1c(=O)n(CC)c2cc(-c3cn[nH]c3-c3cc(C(F)(F)F)ccc3F)ccc21. The first kappa shape index (κ1) is 19.9. The normalized spacial score (nSPS) is 12.1. The molecule has 9 heteroatoms. The van der Waals surface area contributed by atoms with Crippen molar-refractivity contribution in [1.29, 1.82) is 0 Å². The molecule has 0 unspecified atom stereocenters. The van der Waals surface area contributed by atoms with Crippen LogP contribution in [-0.2, 0) is 19.3 Å². The summed E-state index contributed by atoms with van der Waals surface area (Å²) >= 11 is 0. The van der Waals surface area contributed by atoms with Crippen LogP contribution in [0.15, 0.2) is 47.4 Å². The lowest BCUT2D eigenvalue weighted by Gasteiger charge is -2.10. The fourth-order valence-corrected chi connectivity index (χ4v) is 3.70. The molecule has 0 aliphatic heterocycles. The van der Waals surface area contributed by atoms with Crippen molar-refractivity contribution in [2.75, 3.05) is 0 Å². The summed E-state index contributed by atoms with van der Waals surface area (Å²) in [5, 5.41) is 6.54. The molecule has 1 N–H and O–H groups in total. The minimum atomic E-state index is -4.60. The van der Waals surface area contributed by atoms with Crippen LogP contribution in [0.4, 0.5) is 17.6 Å². The van der Waals surface area contributed by atoms with E-state index in [0.29, 0.717) is 35.8 Å². The first-order valence-electron chi connectivity index (χ1n) is 9.40. The van der Waals surface area contributed by atoms with Gasteiger partial charge in [-0.2, -0.15) is 18.3 Å². The van der Waals surface area contributed by atoms with Crippen LogP contribution in [0.3, 0.4) is 0 Å². The van der Waals surface area contributed by atoms with Crippen molar-refractivity contribution in [2.24, 2.45) is 0 Å². The molecule has 4 aromatic rings. The molecule has 0 aliphatic carbocycles. The molecule has 156 valence electrons. The van der Waals surface area contributed by atoms with E-state index in [1.165, 1.54) is 6.20 Å². The van der Waals surface area contributed by atoms with Crippen LogP contribution < -0.4 is 5.69 Å². The summed E-state index contributed by atoms with van der Waals surface area (Å²) in [4.78, 5) is 12.6. The van der Waals surface area contributed by atoms with E-state index in [-0.39, 0.29) is 16.9 Å². The molecule has 0 fully saturated rings. The number of hydrogen-bond donors (Lipinski definition) is 1. The number of nitrogens with one attached hydrogen (secondary N) is 1. The zero-order valence-electron chi connectivity index (χ0n) is 16.2.